The Hall–Kier alpha value is -0.770. The van der Waals surface area contributed by atoms with E-state index in [1.165, 1.54) is 0 Å². The summed E-state index contributed by atoms with van der Waals surface area (Å²) in [6, 6.07) is 2.04. The molecule has 0 unspecified atom stereocenters. The molecule has 0 N–H and O–H groups in total. The van der Waals surface area contributed by atoms with Gasteiger partial charge in [-0.1, -0.05) is 5.57 Å². The van der Waals surface area contributed by atoms with Crippen LogP contribution in [0.25, 0.3) is 0 Å². The molecule has 0 fully saturated rings. The number of hydrogen-bond donors (Lipinski definition) is 0. The van der Waals surface area contributed by atoms with Crippen LogP contribution >= 0.6 is 0 Å². The maximum atomic E-state index is 8.02. The van der Waals surface area contributed by atoms with Gasteiger partial charge < -0.3 is 0 Å². The van der Waals surface area contributed by atoms with Crippen molar-refractivity contribution in [2.45, 2.75) is 19.8 Å². The smallest absolute Gasteiger partial charge is 0.0625 e. The van der Waals surface area contributed by atoms with Gasteiger partial charge in [0, 0.05) is 6.42 Å². The molecule has 0 amide bonds. The van der Waals surface area contributed by atoms with E-state index in [1.807, 2.05) is 13.0 Å². The zero-order chi connectivity index (χ0) is 5.70. The van der Waals surface area contributed by atoms with Crippen LogP contribution in [0.2, 0.25) is 0 Å². The highest BCUT2D eigenvalue weighted by Crippen LogP contribution is 1.96. The summed E-state index contributed by atoms with van der Waals surface area (Å²) in [6.45, 7) is 5.57. The van der Waals surface area contributed by atoms with Crippen LogP contribution in [0.5, 0.6) is 0 Å². The molecule has 0 aromatic rings. The van der Waals surface area contributed by atoms with Crippen LogP contribution in [0, 0.1) is 11.3 Å². The predicted octanol–water partition coefficient (Wildman–Crippen LogP) is 1.87. The minimum absolute atomic E-state index is 0.606. The molecular weight excluding hydrogens is 86.1 g/mol. The zero-order valence-electron chi connectivity index (χ0n) is 4.57. The van der Waals surface area contributed by atoms with E-state index in [2.05, 4.69) is 6.58 Å². The van der Waals surface area contributed by atoms with Crippen molar-refractivity contribution in [3.8, 4) is 6.07 Å². The van der Waals surface area contributed by atoms with E-state index in [1.54, 1.807) is 0 Å². The summed E-state index contributed by atoms with van der Waals surface area (Å²) >= 11 is 0. The van der Waals surface area contributed by atoms with E-state index in [9.17, 15) is 0 Å². The van der Waals surface area contributed by atoms with E-state index in [4.69, 9.17) is 5.26 Å². The summed E-state index contributed by atoms with van der Waals surface area (Å²) in [4.78, 5) is 0. The molecule has 0 heterocycles. The molecule has 0 aliphatic rings. The van der Waals surface area contributed by atoms with E-state index in [-0.39, 0.29) is 0 Å². The first-order valence-electron chi connectivity index (χ1n) is 2.28. The Labute approximate surface area is 44.3 Å². The van der Waals surface area contributed by atoms with Gasteiger partial charge in [-0.25, -0.2) is 0 Å². The van der Waals surface area contributed by atoms with E-state index < -0.39 is 0 Å². The minimum atomic E-state index is 0.606. The average Bonchev–Trinajstić information content (AvgIpc) is 1.61. The van der Waals surface area contributed by atoms with Gasteiger partial charge in [-0.3, -0.25) is 0 Å². The molecule has 1 heteroatoms. The molecule has 38 valence electrons. The van der Waals surface area contributed by atoms with Crippen molar-refractivity contribution >= 4 is 0 Å². The molecule has 0 spiro atoms. The summed E-state index contributed by atoms with van der Waals surface area (Å²) in [5.74, 6) is 0. The predicted molar refractivity (Wildman–Crippen MR) is 29.7 cm³/mol. The standard InChI is InChI=1S/C6H9N/c1-6(2)4-3-5-7/h1,3-4H2,2H3. The summed E-state index contributed by atoms with van der Waals surface area (Å²) < 4.78 is 0. The van der Waals surface area contributed by atoms with Gasteiger partial charge in [-0.2, -0.15) is 5.26 Å². The molecule has 1 nitrogen and oxygen atoms in total. The Balaban J connectivity index is 3.02. The molecule has 0 saturated heterocycles. The summed E-state index contributed by atoms with van der Waals surface area (Å²) in [5, 5.41) is 8.02. The van der Waals surface area contributed by atoms with Crippen molar-refractivity contribution in [1.82, 2.24) is 0 Å². The molecule has 0 aliphatic carbocycles. The average molecular weight is 95.1 g/mol. The second-order valence-corrected chi connectivity index (χ2v) is 1.62. The van der Waals surface area contributed by atoms with Crippen molar-refractivity contribution in [3.63, 3.8) is 0 Å². The molecule has 0 bridgehead atoms. The zero-order valence-corrected chi connectivity index (χ0v) is 4.57. The van der Waals surface area contributed by atoms with Crippen molar-refractivity contribution in [2.24, 2.45) is 0 Å². The summed E-state index contributed by atoms with van der Waals surface area (Å²) in [5.41, 5.74) is 1.08. The van der Waals surface area contributed by atoms with E-state index in [0.29, 0.717) is 6.42 Å². The fourth-order valence-corrected chi connectivity index (χ4v) is 0.269. The molecule has 0 atom stereocenters. The largest absolute Gasteiger partial charge is 0.198 e. The Kier molecular flexibility index (Phi) is 3.04. The fourth-order valence-electron chi connectivity index (χ4n) is 0.269. The van der Waals surface area contributed by atoms with Crippen LogP contribution in [0.4, 0.5) is 0 Å². The summed E-state index contributed by atoms with van der Waals surface area (Å²) in [7, 11) is 0. The van der Waals surface area contributed by atoms with Gasteiger partial charge in [0.25, 0.3) is 0 Å². The van der Waals surface area contributed by atoms with Crippen LogP contribution in [-0.2, 0) is 0 Å². The van der Waals surface area contributed by atoms with Gasteiger partial charge in [-0.05, 0) is 13.3 Å². The van der Waals surface area contributed by atoms with Crippen molar-refractivity contribution in [2.75, 3.05) is 0 Å². The first kappa shape index (κ1) is 6.23. The lowest BCUT2D eigenvalue weighted by molar-refractivity contribution is 0.993. The second-order valence-electron chi connectivity index (χ2n) is 1.62. The van der Waals surface area contributed by atoms with Crippen molar-refractivity contribution in [3.05, 3.63) is 12.2 Å². The molecule has 0 aromatic carbocycles. The highest BCUT2D eigenvalue weighted by molar-refractivity contribution is 4.91. The minimum Gasteiger partial charge on any atom is -0.198 e. The lowest BCUT2D eigenvalue weighted by atomic mass is 10.2. The lowest BCUT2D eigenvalue weighted by Crippen LogP contribution is -1.69. The van der Waals surface area contributed by atoms with Gasteiger partial charge in [0.2, 0.25) is 0 Å². The number of nitriles is 1. The maximum Gasteiger partial charge on any atom is 0.0625 e. The SMILES string of the molecule is C=C(C)CCC#N. The monoisotopic (exact) mass is 95.1 g/mol. The van der Waals surface area contributed by atoms with Gasteiger partial charge in [0.15, 0.2) is 0 Å². The van der Waals surface area contributed by atoms with E-state index >= 15 is 0 Å². The maximum absolute atomic E-state index is 8.02. The van der Waals surface area contributed by atoms with Crippen LogP contribution in [0.15, 0.2) is 12.2 Å². The number of nitrogens with zero attached hydrogens (tertiary/aromatic N) is 1. The number of rotatable bonds is 2. The number of hydrogen-bond acceptors (Lipinski definition) is 1. The molecule has 0 radical (unpaired) electrons. The van der Waals surface area contributed by atoms with Crippen LogP contribution in [0.1, 0.15) is 19.8 Å². The molecule has 0 aliphatic heterocycles. The van der Waals surface area contributed by atoms with Crippen LogP contribution < -0.4 is 0 Å². The highest BCUT2D eigenvalue weighted by Gasteiger charge is 1.80. The third-order valence-electron chi connectivity index (χ3n) is 0.664. The Bertz CT molecular complexity index is 97.2. The van der Waals surface area contributed by atoms with Gasteiger partial charge >= 0.3 is 0 Å². The normalized spacial score (nSPS) is 7.43. The first-order valence-corrected chi connectivity index (χ1v) is 2.28. The Morgan fingerprint density at radius 1 is 1.86 bits per heavy atom. The van der Waals surface area contributed by atoms with E-state index in [0.717, 1.165) is 12.0 Å². The lowest BCUT2D eigenvalue weighted by Gasteiger charge is -1.85. The van der Waals surface area contributed by atoms with Gasteiger partial charge in [0.05, 0.1) is 6.07 Å². The third-order valence-corrected chi connectivity index (χ3v) is 0.664. The molecule has 7 heavy (non-hydrogen) atoms. The van der Waals surface area contributed by atoms with Crippen molar-refractivity contribution in [1.29, 1.82) is 5.26 Å². The third kappa shape index (κ3) is 5.23. The fraction of sp³-hybridized carbons (Fsp3) is 0.500. The number of allylic oxidation sites excluding steroid dienone is 1. The quantitative estimate of drug-likeness (QED) is 0.480. The first-order chi connectivity index (χ1) is 3.27. The molecule has 0 rings (SSSR count). The van der Waals surface area contributed by atoms with Crippen molar-refractivity contribution < 1.29 is 0 Å². The highest BCUT2D eigenvalue weighted by atomic mass is 14.2. The van der Waals surface area contributed by atoms with Crippen LogP contribution in [0.3, 0.4) is 0 Å². The second kappa shape index (κ2) is 3.42. The Morgan fingerprint density at radius 3 is 2.57 bits per heavy atom. The molecular formula is C6H9N. The Morgan fingerprint density at radius 2 is 2.43 bits per heavy atom. The van der Waals surface area contributed by atoms with Crippen LogP contribution in [-0.4, -0.2) is 0 Å². The van der Waals surface area contributed by atoms with Gasteiger partial charge in [0.1, 0.15) is 0 Å². The topological polar surface area (TPSA) is 23.8 Å². The molecule has 0 saturated carbocycles. The summed E-state index contributed by atoms with van der Waals surface area (Å²) in [6.07, 6.45) is 1.45. The van der Waals surface area contributed by atoms with Gasteiger partial charge in [-0.15, -0.1) is 6.58 Å². The molecule has 0 aromatic heterocycles.